The molecule has 112 valence electrons. The highest BCUT2D eigenvalue weighted by Gasteiger charge is 2.30. The molecule has 0 radical (unpaired) electrons. The number of benzene rings is 1. The van der Waals surface area contributed by atoms with E-state index in [0.29, 0.717) is 5.56 Å². The van der Waals surface area contributed by atoms with Crippen LogP contribution < -0.4 is 9.47 Å². The predicted molar refractivity (Wildman–Crippen MR) is 74.8 cm³/mol. The molecule has 1 heterocycles. The number of ether oxygens (including phenoxy) is 2. The van der Waals surface area contributed by atoms with Gasteiger partial charge in [-0.15, -0.1) is 0 Å². The van der Waals surface area contributed by atoms with Crippen molar-refractivity contribution >= 4 is 0 Å². The van der Waals surface area contributed by atoms with E-state index in [4.69, 9.17) is 9.47 Å². The van der Waals surface area contributed by atoms with Crippen LogP contribution in [0.25, 0.3) is 0 Å². The fourth-order valence-electron chi connectivity index (χ4n) is 2.10. The van der Waals surface area contributed by atoms with Crippen LogP contribution in [0.2, 0.25) is 0 Å². The van der Waals surface area contributed by atoms with Gasteiger partial charge in [0.05, 0.1) is 20.4 Å². The van der Waals surface area contributed by atoms with Crippen LogP contribution in [-0.2, 0) is 12.0 Å². The highest BCUT2D eigenvalue weighted by atomic mass is 19.1. The van der Waals surface area contributed by atoms with E-state index < -0.39 is 5.60 Å². The first-order chi connectivity index (χ1) is 9.96. The van der Waals surface area contributed by atoms with E-state index in [-0.39, 0.29) is 29.7 Å². The Morgan fingerprint density at radius 2 is 2.05 bits per heavy atom. The van der Waals surface area contributed by atoms with Gasteiger partial charge >= 0.3 is 0 Å². The Balaban J connectivity index is 2.34. The molecule has 6 heteroatoms. The maximum absolute atomic E-state index is 13.2. The summed E-state index contributed by atoms with van der Waals surface area (Å²) in [6, 6.07) is 6.06. The molecule has 1 N–H and O–H groups in total. The Kier molecular flexibility index (Phi) is 4.37. The molecule has 0 saturated heterocycles. The molecule has 0 bridgehead atoms. The molecule has 2 rings (SSSR count). The SMILES string of the molecule is COc1cnc(C(C)(O)Cc2cccc(F)c2)c(OC)n1. The molecule has 0 amide bonds. The Labute approximate surface area is 122 Å². The Morgan fingerprint density at radius 3 is 2.67 bits per heavy atom. The second-order valence-electron chi connectivity index (χ2n) is 4.85. The number of halogens is 1. The summed E-state index contributed by atoms with van der Waals surface area (Å²) in [6.07, 6.45) is 1.58. The van der Waals surface area contributed by atoms with E-state index in [9.17, 15) is 9.50 Å². The van der Waals surface area contributed by atoms with E-state index in [1.165, 1.54) is 32.5 Å². The molecule has 5 nitrogen and oxygen atoms in total. The first-order valence-electron chi connectivity index (χ1n) is 6.38. The second kappa shape index (κ2) is 6.05. The lowest BCUT2D eigenvalue weighted by molar-refractivity contribution is 0.0491. The van der Waals surface area contributed by atoms with Gasteiger partial charge in [-0.1, -0.05) is 12.1 Å². The molecule has 0 saturated carbocycles. The quantitative estimate of drug-likeness (QED) is 0.914. The van der Waals surface area contributed by atoms with Crippen molar-refractivity contribution in [2.45, 2.75) is 18.9 Å². The minimum atomic E-state index is -1.35. The molecule has 1 unspecified atom stereocenters. The number of hydrogen-bond acceptors (Lipinski definition) is 5. The van der Waals surface area contributed by atoms with Gasteiger partial charge in [0.1, 0.15) is 17.1 Å². The summed E-state index contributed by atoms with van der Waals surface area (Å²) in [7, 11) is 2.90. The van der Waals surface area contributed by atoms with Crippen molar-refractivity contribution in [2.75, 3.05) is 14.2 Å². The van der Waals surface area contributed by atoms with Gasteiger partial charge in [0, 0.05) is 6.42 Å². The molecule has 2 aromatic rings. The molecule has 1 aromatic carbocycles. The Hall–Kier alpha value is -2.21. The summed E-state index contributed by atoms with van der Waals surface area (Å²) in [6.45, 7) is 1.58. The number of aliphatic hydroxyl groups is 1. The summed E-state index contributed by atoms with van der Waals surface area (Å²) < 4.78 is 23.4. The number of nitrogens with zero attached hydrogens (tertiary/aromatic N) is 2. The number of aromatic nitrogens is 2. The van der Waals surface area contributed by atoms with Gasteiger partial charge in [-0.25, -0.2) is 9.37 Å². The van der Waals surface area contributed by atoms with Crippen molar-refractivity contribution < 1.29 is 19.0 Å². The van der Waals surface area contributed by atoms with E-state index in [0.717, 1.165) is 0 Å². The third kappa shape index (κ3) is 3.46. The van der Waals surface area contributed by atoms with E-state index in [2.05, 4.69) is 9.97 Å². The first-order valence-corrected chi connectivity index (χ1v) is 6.38. The van der Waals surface area contributed by atoms with Crippen LogP contribution in [0.4, 0.5) is 4.39 Å². The van der Waals surface area contributed by atoms with Crippen molar-refractivity contribution in [3.05, 3.63) is 47.5 Å². The molecule has 0 aliphatic heterocycles. The average Bonchev–Trinajstić information content (AvgIpc) is 2.46. The van der Waals surface area contributed by atoms with E-state index in [1.807, 2.05) is 0 Å². The lowest BCUT2D eigenvalue weighted by Gasteiger charge is -2.24. The molecule has 21 heavy (non-hydrogen) atoms. The molecule has 1 aromatic heterocycles. The number of hydrogen-bond donors (Lipinski definition) is 1. The standard InChI is InChI=1S/C15H17FN2O3/c1-15(19,8-10-5-4-6-11(16)7-10)13-14(21-3)18-12(20-2)9-17-13/h4-7,9,19H,8H2,1-3H3. The molecule has 0 aliphatic rings. The normalized spacial score (nSPS) is 13.6. The zero-order valence-electron chi connectivity index (χ0n) is 12.1. The molecule has 1 atom stereocenters. The van der Waals surface area contributed by atoms with Crippen molar-refractivity contribution in [1.82, 2.24) is 9.97 Å². The first kappa shape index (κ1) is 15.2. The van der Waals surface area contributed by atoms with Crippen molar-refractivity contribution in [3.63, 3.8) is 0 Å². The van der Waals surface area contributed by atoms with Gasteiger partial charge in [-0.05, 0) is 24.6 Å². The zero-order valence-corrected chi connectivity index (χ0v) is 12.1. The van der Waals surface area contributed by atoms with Crippen LogP contribution in [-0.4, -0.2) is 29.3 Å². The maximum atomic E-state index is 13.2. The van der Waals surface area contributed by atoms with Crippen LogP contribution in [0.15, 0.2) is 30.5 Å². The summed E-state index contributed by atoms with van der Waals surface area (Å²) in [5, 5.41) is 10.7. The third-order valence-corrected chi connectivity index (χ3v) is 3.07. The molecular formula is C15H17FN2O3. The van der Waals surface area contributed by atoms with Gasteiger partial charge < -0.3 is 14.6 Å². The van der Waals surface area contributed by atoms with Gasteiger partial charge in [0.15, 0.2) is 0 Å². The summed E-state index contributed by atoms with van der Waals surface area (Å²) in [5.74, 6) is 0.115. The summed E-state index contributed by atoms with van der Waals surface area (Å²) in [4.78, 5) is 8.25. The highest BCUT2D eigenvalue weighted by molar-refractivity contribution is 5.30. The molecule has 0 aliphatic carbocycles. The van der Waals surface area contributed by atoms with Crippen LogP contribution >= 0.6 is 0 Å². The average molecular weight is 292 g/mol. The zero-order chi connectivity index (χ0) is 15.5. The van der Waals surface area contributed by atoms with Crippen molar-refractivity contribution in [2.24, 2.45) is 0 Å². The Morgan fingerprint density at radius 1 is 1.29 bits per heavy atom. The Bertz CT molecular complexity index is 632. The monoisotopic (exact) mass is 292 g/mol. The van der Waals surface area contributed by atoms with Gasteiger partial charge in [-0.2, -0.15) is 4.98 Å². The number of rotatable bonds is 5. The minimum absolute atomic E-state index is 0.177. The second-order valence-corrected chi connectivity index (χ2v) is 4.85. The smallest absolute Gasteiger partial charge is 0.241 e. The lowest BCUT2D eigenvalue weighted by atomic mass is 9.93. The van der Waals surface area contributed by atoms with Gasteiger partial charge in [0.25, 0.3) is 0 Å². The van der Waals surface area contributed by atoms with Gasteiger partial charge in [-0.3, -0.25) is 0 Å². The fourth-order valence-corrected chi connectivity index (χ4v) is 2.10. The topological polar surface area (TPSA) is 64.5 Å². The lowest BCUT2D eigenvalue weighted by Crippen LogP contribution is -2.27. The molecular weight excluding hydrogens is 275 g/mol. The van der Waals surface area contributed by atoms with Gasteiger partial charge in [0.2, 0.25) is 11.8 Å². The van der Waals surface area contributed by atoms with Crippen molar-refractivity contribution in [1.29, 1.82) is 0 Å². The van der Waals surface area contributed by atoms with E-state index >= 15 is 0 Å². The summed E-state index contributed by atoms with van der Waals surface area (Å²) >= 11 is 0. The molecule has 0 spiro atoms. The van der Waals surface area contributed by atoms with Crippen LogP contribution in [0.1, 0.15) is 18.2 Å². The highest BCUT2D eigenvalue weighted by Crippen LogP contribution is 2.30. The predicted octanol–water partition coefficient (Wildman–Crippen LogP) is 2.08. The molecule has 0 fully saturated rings. The summed E-state index contributed by atoms with van der Waals surface area (Å²) in [5.41, 5.74) is -0.423. The van der Waals surface area contributed by atoms with Crippen LogP contribution in [0.3, 0.4) is 0 Å². The van der Waals surface area contributed by atoms with Crippen LogP contribution in [0.5, 0.6) is 11.8 Å². The maximum Gasteiger partial charge on any atom is 0.241 e. The van der Waals surface area contributed by atoms with E-state index in [1.54, 1.807) is 19.1 Å². The third-order valence-electron chi connectivity index (χ3n) is 3.07. The minimum Gasteiger partial charge on any atom is -0.480 e. The van der Waals surface area contributed by atoms with Crippen LogP contribution in [0, 0.1) is 5.82 Å². The van der Waals surface area contributed by atoms with Crippen molar-refractivity contribution in [3.8, 4) is 11.8 Å². The number of methoxy groups -OCH3 is 2. The fraction of sp³-hybridized carbons (Fsp3) is 0.333. The largest absolute Gasteiger partial charge is 0.480 e.